The third-order valence-corrected chi connectivity index (χ3v) is 8.43. The average Bonchev–Trinajstić information content (AvgIpc) is 3.37. The number of para-hydroxylation sites is 1. The summed E-state index contributed by atoms with van der Waals surface area (Å²) in [5, 5.41) is 2.49. The van der Waals surface area contributed by atoms with Gasteiger partial charge in [0, 0.05) is 27.9 Å². The van der Waals surface area contributed by atoms with Crippen LogP contribution in [0.25, 0.3) is 44.3 Å². The Labute approximate surface area is 227 Å². The van der Waals surface area contributed by atoms with Crippen molar-refractivity contribution in [2.45, 2.75) is 72.6 Å². The fourth-order valence-electron chi connectivity index (χ4n) is 7.29. The zero-order chi connectivity index (χ0) is 26.8. The van der Waals surface area contributed by atoms with Gasteiger partial charge in [0.05, 0.1) is 5.69 Å². The fraction of sp³-hybridized carbons (Fsp3) is 0.361. The molecule has 1 aliphatic carbocycles. The maximum Gasteiger partial charge on any atom is 0.144 e. The Morgan fingerprint density at radius 1 is 0.789 bits per heavy atom. The van der Waals surface area contributed by atoms with Gasteiger partial charge in [-0.1, -0.05) is 84.0 Å². The molecule has 2 nitrogen and oxygen atoms in total. The van der Waals surface area contributed by atoms with Gasteiger partial charge in [-0.2, -0.15) is 0 Å². The summed E-state index contributed by atoms with van der Waals surface area (Å²) >= 11 is 0. The Morgan fingerprint density at radius 2 is 1.50 bits per heavy atom. The highest BCUT2D eigenvalue weighted by Gasteiger charge is 2.45. The average molecular weight is 502 g/mol. The van der Waals surface area contributed by atoms with E-state index in [2.05, 4.69) is 109 Å². The van der Waals surface area contributed by atoms with Crippen LogP contribution in [0.15, 0.2) is 71.3 Å². The third-order valence-electron chi connectivity index (χ3n) is 8.43. The van der Waals surface area contributed by atoms with E-state index in [1.807, 2.05) is 6.20 Å². The number of nitrogens with zero attached hydrogens (tertiary/aromatic N) is 1. The second-order valence-electron chi connectivity index (χ2n) is 12.6. The van der Waals surface area contributed by atoms with Crippen molar-refractivity contribution in [3.05, 3.63) is 89.1 Å². The molecule has 0 aliphatic heterocycles. The number of pyridine rings is 1. The molecule has 194 valence electrons. The predicted octanol–water partition coefficient (Wildman–Crippen LogP) is 10.4. The molecule has 2 heterocycles. The third kappa shape index (κ3) is 3.72. The molecule has 6 rings (SSSR count). The van der Waals surface area contributed by atoms with Crippen LogP contribution in [0.1, 0.15) is 82.6 Å². The normalized spacial score (nSPS) is 14.3. The van der Waals surface area contributed by atoms with Crippen LogP contribution in [0.3, 0.4) is 0 Å². The molecular formula is C36H39NO. The van der Waals surface area contributed by atoms with Crippen LogP contribution in [-0.2, 0) is 5.41 Å². The molecule has 0 fully saturated rings. The van der Waals surface area contributed by atoms with Gasteiger partial charge in [-0.05, 0) is 89.1 Å². The van der Waals surface area contributed by atoms with E-state index in [0.717, 1.165) is 35.3 Å². The maximum atomic E-state index is 6.76. The molecule has 0 unspecified atom stereocenters. The van der Waals surface area contributed by atoms with Crippen molar-refractivity contribution in [1.29, 1.82) is 0 Å². The predicted molar refractivity (Wildman–Crippen MR) is 161 cm³/mol. The molecule has 0 saturated heterocycles. The van der Waals surface area contributed by atoms with E-state index in [4.69, 9.17) is 9.40 Å². The molecule has 2 aromatic heterocycles. The van der Waals surface area contributed by atoms with Crippen molar-refractivity contribution in [2.75, 3.05) is 0 Å². The smallest absolute Gasteiger partial charge is 0.144 e. The van der Waals surface area contributed by atoms with Gasteiger partial charge >= 0.3 is 0 Å². The highest BCUT2D eigenvalue weighted by molar-refractivity contribution is 6.14. The summed E-state index contributed by atoms with van der Waals surface area (Å²) in [6.07, 6.45) is 4.26. The lowest BCUT2D eigenvalue weighted by atomic mass is 9.67. The molecule has 5 aromatic rings. The highest BCUT2D eigenvalue weighted by atomic mass is 16.3. The summed E-state index contributed by atoms with van der Waals surface area (Å²) < 4.78 is 6.76. The number of benzene rings is 3. The number of aryl methyl sites for hydroxylation is 1. The second-order valence-corrected chi connectivity index (χ2v) is 12.6. The number of rotatable bonds is 6. The second kappa shape index (κ2) is 9.12. The Morgan fingerprint density at radius 3 is 2.21 bits per heavy atom. The van der Waals surface area contributed by atoms with Gasteiger partial charge in [-0.25, -0.2) is 0 Å². The Kier molecular flexibility index (Phi) is 5.98. The number of aromatic nitrogens is 1. The quantitative estimate of drug-likeness (QED) is 0.231. The SMILES string of the molecule is Cc1cnc(-c2cccc3c2oc2ccc4c(c23)C(CC(C)C)(CC(C)C)c2ccccc2-4)cc1C(C)C. The topological polar surface area (TPSA) is 26.0 Å². The summed E-state index contributed by atoms with van der Waals surface area (Å²) in [5.74, 6) is 1.59. The van der Waals surface area contributed by atoms with Crippen LogP contribution in [0.2, 0.25) is 0 Å². The molecule has 0 radical (unpaired) electrons. The first-order valence-corrected chi connectivity index (χ1v) is 14.3. The van der Waals surface area contributed by atoms with E-state index in [9.17, 15) is 0 Å². The van der Waals surface area contributed by atoms with Crippen molar-refractivity contribution >= 4 is 21.9 Å². The Hall–Kier alpha value is -3.39. The minimum Gasteiger partial charge on any atom is -0.455 e. The molecule has 38 heavy (non-hydrogen) atoms. The maximum absolute atomic E-state index is 6.76. The van der Waals surface area contributed by atoms with Crippen molar-refractivity contribution in [3.8, 4) is 22.4 Å². The zero-order valence-electron chi connectivity index (χ0n) is 23.9. The lowest BCUT2D eigenvalue weighted by Crippen LogP contribution is -2.29. The highest BCUT2D eigenvalue weighted by Crippen LogP contribution is 2.58. The monoisotopic (exact) mass is 501 g/mol. The largest absolute Gasteiger partial charge is 0.455 e. The van der Waals surface area contributed by atoms with Crippen molar-refractivity contribution < 1.29 is 4.42 Å². The summed E-state index contributed by atoms with van der Waals surface area (Å²) in [6, 6.07) is 22.5. The van der Waals surface area contributed by atoms with Gasteiger partial charge < -0.3 is 4.42 Å². The van der Waals surface area contributed by atoms with Crippen molar-refractivity contribution in [2.24, 2.45) is 11.8 Å². The summed E-state index contributed by atoms with van der Waals surface area (Å²) in [4.78, 5) is 4.86. The lowest BCUT2D eigenvalue weighted by Gasteiger charge is -2.36. The first-order chi connectivity index (χ1) is 18.2. The minimum absolute atomic E-state index is 0.0342. The van der Waals surface area contributed by atoms with Gasteiger partial charge in [-0.3, -0.25) is 4.98 Å². The molecule has 0 saturated carbocycles. The van der Waals surface area contributed by atoms with E-state index < -0.39 is 0 Å². The van der Waals surface area contributed by atoms with Gasteiger partial charge in [0.1, 0.15) is 11.2 Å². The Bertz CT molecular complexity index is 1660. The molecule has 3 aromatic carbocycles. The van der Waals surface area contributed by atoms with Crippen LogP contribution >= 0.6 is 0 Å². The van der Waals surface area contributed by atoms with Crippen LogP contribution in [0.5, 0.6) is 0 Å². The van der Waals surface area contributed by atoms with Gasteiger partial charge in [0.25, 0.3) is 0 Å². The standard InChI is InChI=1S/C36H39NO/c1-21(2)18-36(19-22(3)4)30-14-9-8-11-25(30)26-15-16-32-33(34(26)36)28-13-10-12-27(35(28)38-32)31-17-29(23(5)6)24(7)20-37-31/h8-17,20-23H,18-19H2,1-7H3. The van der Waals surface area contributed by atoms with Crippen LogP contribution < -0.4 is 0 Å². The number of hydrogen-bond acceptors (Lipinski definition) is 2. The number of furan rings is 1. The van der Waals surface area contributed by atoms with Gasteiger partial charge in [-0.15, -0.1) is 0 Å². The molecule has 0 atom stereocenters. The van der Waals surface area contributed by atoms with E-state index in [1.54, 1.807) is 0 Å². The molecule has 0 bridgehead atoms. The number of hydrogen-bond donors (Lipinski definition) is 0. The molecular weight excluding hydrogens is 462 g/mol. The van der Waals surface area contributed by atoms with Crippen molar-refractivity contribution in [3.63, 3.8) is 0 Å². The van der Waals surface area contributed by atoms with Crippen molar-refractivity contribution in [1.82, 2.24) is 4.98 Å². The van der Waals surface area contributed by atoms with E-state index in [1.165, 1.54) is 44.2 Å². The Balaban J connectivity index is 1.69. The van der Waals surface area contributed by atoms with E-state index in [-0.39, 0.29) is 5.41 Å². The molecule has 0 amide bonds. The summed E-state index contributed by atoms with van der Waals surface area (Å²) in [7, 11) is 0. The lowest BCUT2D eigenvalue weighted by molar-refractivity contribution is 0.339. The van der Waals surface area contributed by atoms with Crippen LogP contribution in [0.4, 0.5) is 0 Å². The van der Waals surface area contributed by atoms with Gasteiger partial charge in [0.2, 0.25) is 0 Å². The van der Waals surface area contributed by atoms with E-state index in [0.29, 0.717) is 17.8 Å². The zero-order valence-corrected chi connectivity index (χ0v) is 23.9. The first-order valence-electron chi connectivity index (χ1n) is 14.3. The van der Waals surface area contributed by atoms with Crippen LogP contribution in [-0.4, -0.2) is 4.98 Å². The number of fused-ring (bicyclic) bond motifs is 7. The minimum atomic E-state index is -0.0342. The summed E-state index contributed by atoms with van der Waals surface area (Å²) in [5.41, 5.74) is 12.2. The fourth-order valence-corrected chi connectivity index (χ4v) is 7.29. The molecule has 1 aliphatic rings. The van der Waals surface area contributed by atoms with E-state index >= 15 is 0 Å². The molecule has 0 N–H and O–H groups in total. The van der Waals surface area contributed by atoms with Gasteiger partial charge in [0.15, 0.2) is 0 Å². The van der Waals surface area contributed by atoms with Crippen LogP contribution in [0, 0.1) is 18.8 Å². The molecule has 0 spiro atoms. The summed E-state index contributed by atoms with van der Waals surface area (Å²) in [6.45, 7) is 16.1. The first kappa shape index (κ1) is 24.9. The molecule has 2 heteroatoms.